The lowest BCUT2D eigenvalue weighted by molar-refractivity contribution is -0.130. The second-order valence-corrected chi connectivity index (χ2v) is 9.17. The van der Waals surface area contributed by atoms with Crippen molar-refractivity contribution in [2.45, 2.75) is 64.7 Å². The molecule has 0 unspecified atom stereocenters. The van der Waals surface area contributed by atoms with E-state index in [9.17, 15) is 9.18 Å². The first-order valence-corrected chi connectivity index (χ1v) is 11.1. The lowest BCUT2D eigenvalue weighted by Gasteiger charge is -2.16. The van der Waals surface area contributed by atoms with E-state index in [0.717, 1.165) is 49.2 Å². The zero-order chi connectivity index (χ0) is 23.1. The van der Waals surface area contributed by atoms with Crippen molar-refractivity contribution in [1.29, 1.82) is 0 Å². The normalized spacial score (nSPS) is 11.7. The van der Waals surface area contributed by atoms with Crippen molar-refractivity contribution in [2.75, 3.05) is 13.6 Å². The average molecular weight is 442 g/mol. The molecule has 7 nitrogen and oxygen atoms in total. The Labute approximate surface area is 188 Å². The van der Waals surface area contributed by atoms with Crippen molar-refractivity contribution in [3.63, 3.8) is 0 Å². The van der Waals surface area contributed by atoms with Crippen LogP contribution in [0.25, 0.3) is 11.3 Å². The van der Waals surface area contributed by atoms with Crippen molar-refractivity contribution in [2.24, 2.45) is 0 Å². The summed E-state index contributed by atoms with van der Waals surface area (Å²) in [5, 5.41) is 11.4. The summed E-state index contributed by atoms with van der Waals surface area (Å²) in [5.41, 5.74) is 2.61. The van der Waals surface area contributed by atoms with Gasteiger partial charge < -0.3 is 9.42 Å². The van der Waals surface area contributed by atoms with Crippen LogP contribution >= 0.6 is 0 Å². The molecule has 1 amide bonds. The Morgan fingerprint density at radius 3 is 2.56 bits per heavy atom. The monoisotopic (exact) mass is 441 g/mol. The number of H-pyrrole nitrogens is 1. The number of aromatic amines is 1. The second kappa shape index (κ2) is 10.5. The zero-order valence-corrected chi connectivity index (χ0v) is 19.3. The number of nitrogens with zero attached hydrogens (tertiary/aromatic N) is 4. The Balaban J connectivity index is 1.32. The van der Waals surface area contributed by atoms with Crippen LogP contribution in [0.3, 0.4) is 0 Å². The molecule has 0 aliphatic rings. The van der Waals surface area contributed by atoms with E-state index in [-0.39, 0.29) is 17.1 Å². The van der Waals surface area contributed by atoms with Crippen molar-refractivity contribution < 1.29 is 13.7 Å². The number of halogens is 1. The lowest BCUT2D eigenvalue weighted by Crippen LogP contribution is -2.28. The first-order chi connectivity index (χ1) is 15.2. The number of benzene rings is 1. The van der Waals surface area contributed by atoms with Crippen LogP contribution in [0.5, 0.6) is 0 Å². The Morgan fingerprint density at radius 2 is 1.88 bits per heavy atom. The first kappa shape index (κ1) is 23.6. The smallest absolute Gasteiger partial charge is 0.227 e. The molecule has 0 atom stereocenters. The summed E-state index contributed by atoms with van der Waals surface area (Å²) in [4.78, 5) is 18.5. The Morgan fingerprint density at radius 1 is 1.12 bits per heavy atom. The molecule has 1 aromatic carbocycles. The highest BCUT2D eigenvalue weighted by atomic mass is 19.1. The number of aryl methyl sites for hydroxylation is 2. The maximum absolute atomic E-state index is 13.1. The molecule has 3 rings (SSSR count). The minimum absolute atomic E-state index is 0.0815. The van der Waals surface area contributed by atoms with Crippen LogP contribution in [0.1, 0.15) is 63.9 Å². The molecule has 0 fully saturated rings. The van der Waals surface area contributed by atoms with Crippen LogP contribution in [-0.4, -0.2) is 44.7 Å². The molecule has 0 spiro atoms. The van der Waals surface area contributed by atoms with Crippen LogP contribution in [-0.2, 0) is 23.1 Å². The van der Waals surface area contributed by atoms with Gasteiger partial charge in [-0.1, -0.05) is 32.3 Å². The van der Waals surface area contributed by atoms with E-state index in [1.54, 1.807) is 17.0 Å². The summed E-state index contributed by atoms with van der Waals surface area (Å²) in [6, 6.07) is 8.33. The molecule has 0 aliphatic heterocycles. The largest absolute Gasteiger partial charge is 0.346 e. The summed E-state index contributed by atoms with van der Waals surface area (Å²) in [5.74, 6) is 1.00. The van der Waals surface area contributed by atoms with Crippen LogP contribution in [0, 0.1) is 5.82 Å². The highest BCUT2D eigenvalue weighted by Crippen LogP contribution is 2.20. The SMILES string of the molecule is CN(CCCCCc1cc(-c2ccc(F)cc2)n[nH]1)C(=O)CCc1nc(C(C)(C)C)no1. The standard InChI is InChI=1S/C24H32FN5O2/c1-24(2,3)23-26-21(32-29-23)13-14-22(31)30(4)15-7-5-6-8-19-16-20(28-27-19)17-9-11-18(25)12-10-17/h9-12,16H,5-8,13-15H2,1-4H3,(H,27,28). The zero-order valence-electron chi connectivity index (χ0n) is 19.3. The van der Waals surface area contributed by atoms with Gasteiger partial charge in [-0.15, -0.1) is 0 Å². The fourth-order valence-electron chi connectivity index (χ4n) is 3.29. The van der Waals surface area contributed by atoms with Gasteiger partial charge in [-0.3, -0.25) is 9.89 Å². The number of nitrogens with one attached hydrogen (secondary N) is 1. The summed E-state index contributed by atoms with van der Waals surface area (Å²) < 4.78 is 18.3. The number of amides is 1. The molecular weight excluding hydrogens is 409 g/mol. The number of unbranched alkanes of at least 4 members (excludes halogenated alkanes) is 2. The lowest BCUT2D eigenvalue weighted by atomic mass is 9.96. The van der Waals surface area contributed by atoms with Gasteiger partial charge in [-0.2, -0.15) is 10.1 Å². The van der Waals surface area contributed by atoms with Gasteiger partial charge in [0.25, 0.3) is 0 Å². The number of carbonyl (C=O) groups excluding carboxylic acids is 1. The van der Waals surface area contributed by atoms with Crippen LogP contribution in [0.15, 0.2) is 34.9 Å². The van der Waals surface area contributed by atoms with Gasteiger partial charge in [0.15, 0.2) is 5.82 Å². The van der Waals surface area contributed by atoms with Crippen LogP contribution in [0.4, 0.5) is 4.39 Å². The van der Waals surface area contributed by atoms with Gasteiger partial charge >= 0.3 is 0 Å². The molecule has 0 saturated heterocycles. The topological polar surface area (TPSA) is 87.9 Å². The van der Waals surface area contributed by atoms with Crippen molar-refractivity contribution in [1.82, 2.24) is 25.2 Å². The fourth-order valence-corrected chi connectivity index (χ4v) is 3.29. The number of carbonyl (C=O) groups is 1. The predicted molar refractivity (Wildman–Crippen MR) is 120 cm³/mol. The van der Waals surface area contributed by atoms with E-state index in [1.807, 2.05) is 33.9 Å². The predicted octanol–water partition coefficient (Wildman–Crippen LogP) is 4.70. The van der Waals surface area contributed by atoms with Crippen molar-refractivity contribution in [3.8, 4) is 11.3 Å². The van der Waals surface area contributed by atoms with Gasteiger partial charge in [-0.05, 0) is 49.6 Å². The summed E-state index contributed by atoms with van der Waals surface area (Å²) in [6.45, 7) is 6.80. The second-order valence-electron chi connectivity index (χ2n) is 9.17. The Kier molecular flexibility index (Phi) is 7.77. The van der Waals surface area contributed by atoms with Crippen LogP contribution < -0.4 is 0 Å². The Bertz CT molecular complexity index is 1000. The minimum atomic E-state index is -0.253. The van der Waals surface area contributed by atoms with E-state index in [1.165, 1.54) is 12.1 Å². The highest BCUT2D eigenvalue weighted by Gasteiger charge is 2.21. The van der Waals surface area contributed by atoms with E-state index in [0.29, 0.717) is 24.6 Å². The van der Waals surface area contributed by atoms with Gasteiger partial charge in [-0.25, -0.2) is 4.39 Å². The van der Waals surface area contributed by atoms with Gasteiger partial charge in [0.05, 0.1) is 5.69 Å². The molecule has 3 aromatic rings. The summed E-state index contributed by atoms with van der Waals surface area (Å²) in [6.07, 6.45) is 4.67. The highest BCUT2D eigenvalue weighted by molar-refractivity contribution is 5.75. The van der Waals surface area contributed by atoms with E-state index in [2.05, 4.69) is 20.3 Å². The van der Waals surface area contributed by atoms with Crippen LogP contribution in [0.2, 0.25) is 0 Å². The molecule has 0 aliphatic carbocycles. The maximum atomic E-state index is 13.1. The first-order valence-electron chi connectivity index (χ1n) is 11.1. The number of hydrogen-bond donors (Lipinski definition) is 1. The summed E-state index contributed by atoms with van der Waals surface area (Å²) in [7, 11) is 1.83. The van der Waals surface area contributed by atoms with E-state index in [4.69, 9.17) is 4.52 Å². The number of hydrogen-bond acceptors (Lipinski definition) is 5. The molecule has 1 N–H and O–H groups in total. The maximum Gasteiger partial charge on any atom is 0.227 e. The number of aromatic nitrogens is 4. The molecule has 172 valence electrons. The third kappa shape index (κ3) is 6.73. The third-order valence-electron chi connectivity index (χ3n) is 5.33. The van der Waals surface area contributed by atoms with Crippen molar-refractivity contribution >= 4 is 5.91 Å². The molecule has 0 saturated carbocycles. The van der Waals surface area contributed by atoms with E-state index >= 15 is 0 Å². The quantitative estimate of drug-likeness (QED) is 0.461. The van der Waals surface area contributed by atoms with Gasteiger partial charge in [0, 0.05) is 43.1 Å². The summed E-state index contributed by atoms with van der Waals surface area (Å²) >= 11 is 0. The van der Waals surface area contributed by atoms with Gasteiger partial charge in [0.1, 0.15) is 5.82 Å². The molecule has 32 heavy (non-hydrogen) atoms. The van der Waals surface area contributed by atoms with Gasteiger partial charge in [0.2, 0.25) is 11.8 Å². The molecule has 2 aromatic heterocycles. The third-order valence-corrected chi connectivity index (χ3v) is 5.33. The molecule has 0 radical (unpaired) electrons. The molecule has 8 heteroatoms. The molecular formula is C24H32FN5O2. The number of rotatable bonds is 10. The Hall–Kier alpha value is -3.03. The average Bonchev–Trinajstić information content (AvgIpc) is 3.42. The van der Waals surface area contributed by atoms with E-state index < -0.39 is 0 Å². The molecule has 2 heterocycles. The minimum Gasteiger partial charge on any atom is -0.346 e. The van der Waals surface area contributed by atoms with Crippen molar-refractivity contribution in [3.05, 3.63) is 53.6 Å². The fraction of sp³-hybridized carbons (Fsp3) is 0.500. The molecule has 0 bridgehead atoms.